The van der Waals surface area contributed by atoms with Crippen molar-refractivity contribution in [3.8, 4) is 0 Å². The molecular weight excluding hydrogens is 841 g/mol. The zero-order chi connectivity index (χ0) is 49.3. The molecule has 0 aliphatic rings. The topological polar surface area (TPSA) is 78.9 Å². The van der Waals surface area contributed by atoms with Gasteiger partial charge in [-0.3, -0.25) is 14.4 Å². The lowest BCUT2D eigenvalue weighted by Crippen LogP contribution is -2.30. The van der Waals surface area contributed by atoms with Crippen LogP contribution >= 0.6 is 0 Å². The molecule has 0 saturated carbocycles. The molecule has 6 nitrogen and oxygen atoms in total. The molecule has 0 aromatic rings. The fraction of sp³-hybridized carbons (Fsp3) is 0.790. The molecule has 0 aromatic heterocycles. The average Bonchev–Trinajstić information content (AvgIpc) is 3.34. The molecule has 0 heterocycles. The van der Waals surface area contributed by atoms with Gasteiger partial charge in [0, 0.05) is 19.3 Å². The second-order valence-electron chi connectivity index (χ2n) is 19.6. The summed E-state index contributed by atoms with van der Waals surface area (Å²) in [6, 6.07) is 0. The molecule has 0 aliphatic heterocycles. The maximum Gasteiger partial charge on any atom is 0.306 e. The molecule has 6 heteroatoms. The van der Waals surface area contributed by atoms with E-state index in [1.165, 1.54) is 173 Å². The minimum atomic E-state index is -0.788. The van der Waals surface area contributed by atoms with Crippen LogP contribution in [-0.4, -0.2) is 37.2 Å². The lowest BCUT2D eigenvalue weighted by atomic mass is 10.1. The van der Waals surface area contributed by atoms with Crippen molar-refractivity contribution >= 4 is 17.9 Å². The van der Waals surface area contributed by atoms with Crippen LogP contribution in [0.1, 0.15) is 297 Å². The Kier molecular flexibility index (Phi) is 54.3. The third-order valence-corrected chi connectivity index (χ3v) is 12.8. The maximum atomic E-state index is 12.9. The SMILES string of the molecule is CCCCC/C=C\C=C/CCCCCCCCC(=O)OCC(COC(=O)CCCCCCC/C=C\C=C/CCCCCCCCC)OC(=O)CCCCCCCCC/C=C\CCCCCCCC. The van der Waals surface area contributed by atoms with Gasteiger partial charge in [-0.15, -0.1) is 0 Å². The molecule has 0 aliphatic carbocycles. The molecule has 0 bridgehead atoms. The molecule has 0 spiro atoms. The Morgan fingerprint density at radius 2 is 0.529 bits per heavy atom. The average molecular weight is 952 g/mol. The Morgan fingerprint density at radius 3 is 0.853 bits per heavy atom. The molecule has 394 valence electrons. The highest BCUT2D eigenvalue weighted by atomic mass is 16.6. The van der Waals surface area contributed by atoms with Gasteiger partial charge in [-0.2, -0.15) is 0 Å². The van der Waals surface area contributed by atoms with E-state index in [1.54, 1.807) is 0 Å². The summed E-state index contributed by atoms with van der Waals surface area (Å²) in [5, 5.41) is 0. The molecule has 0 amide bonds. The van der Waals surface area contributed by atoms with Crippen molar-refractivity contribution in [2.45, 2.75) is 303 Å². The summed E-state index contributed by atoms with van der Waals surface area (Å²) in [7, 11) is 0. The quantitative estimate of drug-likeness (QED) is 0.0199. The number of ether oxygens (including phenoxy) is 3. The molecule has 0 radical (unpaired) electrons. The van der Waals surface area contributed by atoms with Gasteiger partial charge in [-0.1, -0.05) is 242 Å². The summed E-state index contributed by atoms with van der Waals surface area (Å²) in [6.07, 6.45) is 70.6. The number of carbonyl (C=O) groups excluding carboxylic acids is 3. The molecule has 0 rings (SSSR count). The number of rotatable bonds is 53. The molecule has 0 N–H and O–H groups in total. The van der Waals surface area contributed by atoms with Gasteiger partial charge in [0.05, 0.1) is 0 Å². The Morgan fingerprint density at radius 1 is 0.294 bits per heavy atom. The first kappa shape index (κ1) is 65.1. The van der Waals surface area contributed by atoms with Gasteiger partial charge in [0.15, 0.2) is 6.10 Å². The predicted octanol–water partition coefficient (Wildman–Crippen LogP) is 19.6. The zero-order valence-electron chi connectivity index (χ0n) is 45.1. The normalized spacial score (nSPS) is 12.5. The van der Waals surface area contributed by atoms with Gasteiger partial charge in [-0.05, 0) is 96.3 Å². The summed E-state index contributed by atoms with van der Waals surface area (Å²) in [6.45, 7) is 6.60. The standard InChI is InChI=1S/C62H110O6/c1-4-7-10-13-16-19-22-25-28-30-32-34-37-40-43-46-49-52-55-61(64)67-58-59(57-66-60(63)54-51-48-45-42-39-36-33-27-24-21-18-15-12-9-6-3)68-62(65)56-53-50-47-44-41-38-35-31-29-26-23-20-17-14-11-8-5-2/h18,21,24,26-30,32,34,59H,4-17,19-20,22-23,25,31,33,35-58H2,1-3H3/b21-18-,27-24-,29-26-,30-28-,34-32-. The van der Waals surface area contributed by atoms with Crippen molar-refractivity contribution in [2.24, 2.45) is 0 Å². The van der Waals surface area contributed by atoms with Crippen LogP contribution in [0.15, 0.2) is 60.8 Å². The summed E-state index contributed by atoms with van der Waals surface area (Å²) in [4.78, 5) is 38.2. The van der Waals surface area contributed by atoms with Crippen LogP contribution in [0.3, 0.4) is 0 Å². The Hall–Kier alpha value is -2.89. The van der Waals surface area contributed by atoms with Crippen LogP contribution in [0.4, 0.5) is 0 Å². The van der Waals surface area contributed by atoms with Crippen LogP contribution in [0.25, 0.3) is 0 Å². The maximum absolute atomic E-state index is 12.9. The van der Waals surface area contributed by atoms with Crippen LogP contribution < -0.4 is 0 Å². The Balaban J connectivity index is 4.42. The van der Waals surface area contributed by atoms with Crippen molar-refractivity contribution < 1.29 is 28.6 Å². The first-order chi connectivity index (χ1) is 33.5. The largest absolute Gasteiger partial charge is 0.462 e. The summed E-state index contributed by atoms with van der Waals surface area (Å²) >= 11 is 0. The number of allylic oxidation sites excluding steroid dienone is 10. The molecular formula is C62H110O6. The van der Waals surface area contributed by atoms with Crippen molar-refractivity contribution in [3.05, 3.63) is 60.8 Å². The van der Waals surface area contributed by atoms with Crippen LogP contribution in [0.2, 0.25) is 0 Å². The highest BCUT2D eigenvalue weighted by Gasteiger charge is 2.19. The minimum Gasteiger partial charge on any atom is -0.462 e. The number of hydrogen-bond donors (Lipinski definition) is 0. The van der Waals surface area contributed by atoms with E-state index < -0.39 is 6.10 Å². The monoisotopic (exact) mass is 951 g/mol. The zero-order valence-corrected chi connectivity index (χ0v) is 45.1. The van der Waals surface area contributed by atoms with Crippen molar-refractivity contribution in [3.63, 3.8) is 0 Å². The van der Waals surface area contributed by atoms with Gasteiger partial charge < -0.3 is 14.2 Å². The van der Waals surface area contributed by atoms with E-state index in [0.717, 1.165) is 83.5 Å². The van der Waals surface area contributed by atoms with E-state index in [4.69, 9.17) is 14.2 Å². The molecule has 0 saturated heterocycles. The fourth-order valence-electron chi connectivity index (χ4n) is 8.30. The third-order valence-electron chi connectivity index (χ3n) is 12.8. The summed E-state index contributed by atoms with van der Waals surface area (Å²) in [5.41, 5.74) is 0. The predicted molar refractivity (Wildman–Crippen MR) is 293 cm³/mol. The fourth-order valence-corrected chi connectivity index (χ4v) is 8.30. The summed E-state index contributed by atoms with van der Waals surface area (Å²) in [5.74, 6) is -0.905. The van der Waals surface area contributed by atoms with Crippen LogP contribution in [-0.2, 0) is 28.6 Å². The smallest absolute Gasteiger partial charge is 0.306 e. The molecule has 1 atom stereocenters. The second kappa shape index (κ2) is 56.7. The molecule has 0 fully saturated rings. The van der Waals surface area contributed by atoms with Gasteiger partial charge in [0.1, 0.15) is 13.2 Å². The van der Waals surface area contributed by atoms with Crippen LogP contribution in [0.5, 0.6) is 0 Å². The highest BCUT2D eigenvalue weighted by Crippen LogP contribution is 2.15. The summed E-state index contributed by atoms with van der Waals surface area (Å²) < 4.78 is 16.9. The van der Waals surface area contributed by atoms with Crippen molar-refractivity contribution in [2.75, 3.05) is 13.2 Å². The minimum absolute atomic E-state index is 0.0863. The first-order valence-electron chi connectivity index (χ1n) is 29.3. The first-order valence-corrected chi connectivity index (χ1v) is 29.3. The van der Waals surface area contributed by atoms with Crippen LogP contribution in [0, 0.1) is 0 Å². The molecule has 0 aromatic carbocycles. The van der Waals surface area contributed by atoms with Gasteiger partial charge in [-0.25, -0.2) is 0 Å². The lowest BCUT2D eigenvalue weighted by Gasteiger charge is -2.18. The number of esters is 3. The van der Waals surface area contributed by atoms with E-state index in [0.29, 0.717) is 19.3 Å². The highest BCUT2D eigenvalue weighted by molar-refractivity contribution is 5.71. The van der Waals surface area contributed by atoms with Gasteiger partial charge in [0.25, 0.3) is 0 Å². The van der Waals surface area contributed by atoms with Gasteiger partial charge >= 0.3 is 17.9 Å². The molecule has 68 heavy (non-hydrogen) atoms. The number of carbonyl (C=O) groups is 3. The van der Waals surface area contributed by atoms with Gasteiger partial charge in [0.2, 0.25) is 0 Å². The lowest BCUT2D eigenvalue weighted by molar-refractivity contribution is -0.167. The second-order valence-corrected chi connectivity index (χ2v) is 19.6. The van der Waals surface area contributed by atoms with E-state index >= 15 is 0 Å². The third kappa shape index (κ3) is 54.1. The number of hydrogen-bond acceptors (Lipinski definition) is 6. The van der Waals surface area contributed by atoms with E-state index in [-0.39, 0.29) is 31.1 Å². The van der Waals surface area contributed by atoms with E-state index in [1.807, 2.05) is 0 Å². The molecule has 1 unspecified atom stereocenters. The number of unbranched alkanes of at least 4 members (excludes halogenated alkanes) is 34. The Bertz CT molecular complexity index is 1230. The van der Waals surface area contributed by atoms with Crippen molar-refractivity contribution in [1.82, 2.24) is 0 Å². The van der Waals surface area contributed by atoms with E-state index in [2.05, 4.69) is 81.5 Å². The van der Waals surface area contributed by atoms with E-state index in [9.17, 15) is 14.4 Å². The van der Waals surface area contributed by atoms with Crippen molar-refractivity contribution in [1.29, 1.82) is 0 Å². The Labute approximate surface area is 421 Å².